The molecule has 10 heavy (non-hydrogen) atoms. The minimum absolute atomic E-state index is 0.0165. The van der Waals surface area contributed by atoms with E-state index in [1.807, 2.05) is 6.26 Å². The lowest BCUT2D eigenvalue weighted by Gasteiger charge is -2.10. The molecule has 60 valence electrons. The van der Waals surface area contributed by atoms with E-state index in [1.54, 1.807) is 0 Å². The minimum atomic E-state index is -2.48. The van der Waals surface area contributed by atoms with Crippen molar-refractivity contribution in [2.45, 2.75) is 12.3 Å². The number of hydrogen-bond acceptors (Lipinski definition) is 2. The van der Waals surface area contributed by atoms with Gasteiger partial charge in [-0.1, -0.05) is 0 Å². The number of halogens is 2. The van der Waals surface area contributed by atoms with Crippen molar-refractivity contribution in [3.63, 3.8) is 0 Å². The van der Waals surface area contributed by atoms with Crippen molar-refractivity contribution in [1.29, 1.82) is 0 Å². The molecule has 1 atom stereocenters. The van der Waals surface area contributed by atoms with Crippen LogP contribution in [0.3, 0.4) is 0 Å². The fourth-order valence-electron chi connectivity index (χ4n) is 1.09. The average molecular weight is 167 g/mol. The molecular weight excluding hydrogens is 156 g/mol. The topological polar surface area (TPSA) is 26.0 Å². The zero-order valence-corrected chi connectivity index (χ0v) is 6.68. The van der Waals surface area contributed by atoms with Crippen LogP contribution in [0.25, 0.3) is 0 Å². The highest BCUT2D eigenvalue weighted by molar-refractivity contribution is 7.98. The van der Waals surface area contributed by atoms with Crippen LogP contribution in [0.4, 0.5) is 8.78 Å². The van der Waals surface area contributed by atoms with E-state index in [9.17, 15) is 8.78 Å². The second-order valence-electron chi connectivity index (χ2n) is 2.80. The molecule has 1 aliphatic carbocycles. The third kappa shape index (κ3) is 1.03. The van der Waals surface area contributed by atoms with Gasteiger partial charge in [-0.15, -0.1) is 0 Å². The summed E-state index contributed by atoms with van der Waals surface area (Å²) in [5.41, 5.74) is 4.38. The minimum Gasteiger partial charge on any atom is -0.330 e. The normalized spacial score (nSPS) is 36.0. The molecule has 1 unspecified atom stereocenters. The van der Waals surface area contributed by atoms with Crippen molar-refractivity contribution in [3.8, 4) is 0 Å². The first-order valence-corrected chi connectivity index (χ1v) is 4.54. The summed E-state index contributed by atoms with van der Waals surface area (Å²) < 4.78 is 25.1. The summed E-state index contributed by atoms with van der Waals surface area (Å²) in [5.74, 6) is -2.00. The molecule has 1 aliphatic rings. The van der Waals surface area contributed by atoms with Crippen LogP contribution in [0.2, 0.25) is 0 Å². The molecule has 0 saturated heterocycles. The Hall–Kier alpha value is 0.170. The zero-order chi connectivity index (χ0) is 7.83. The summed E-state index contributed by atoms with van der Waals surface area (Å²) in [5, 5.41) is 0. The maximum Gasteiger partial charge on any atom is 0.256 e. The third-order valence-corrected chi connectivity index (χ3v) is 2.86. The average Bonchev–Trinajstić information content (AvgIpc) is 2.37. The molecule has 1 saturated carbocycles. The predicted octanol–water partition coefficient (Wildman–Crippen LogP) is 1.33. The summed E-state index contributed by atoms with van der Waals surface area (Å²) in [6.45, 7) is 0.112. The zero-order valence-electron chi connectivity index (χ0n) is 5.86. The second-order valence-corrected chi connectivity index (χ2v) is 3.66. The first kappa shape index (κ1) is 8.27. The molecule has 4 heteroatoms. The standard InChI is InChI=1S/C6H11F2NS/c1-10-4-5(3-9)2-6(5,7)8/h2-4,9H2,1H3. The summed E-state index contributed by atoms with van der Waals surface area (Å²) in [7, 11) is 0. The Morgan fingerprint density at radius 1 is 1.60 bits per heavy atom. The van der Waals surface area contributed by atoms with Gasteiger partial charge in [0.2, 0.25) is 0 Å². The van der Waals surface area contributed by atoms with Gasteiger partial charge in [0.1, 0.15) is 0 Å². The molecule has 0 aromatic heterocycles. The Morgan fingerprint density at radius 2 is 2.10 bits per heavy atom. The first-order valence-electron chi connectivity index (χ1n) is 3.15. The Kier molecular flexibility index (Phi) is 1.94. The summed E-state index contributed by atoms with van der Waals surface area (Å²) in [6.07, 6.45) is 1.81. The van der Waals surface area contributed by atoms with Crippen molar-refractivity contribution in [3.05, 3.63) is 0 Å². The van der Waals surface area contributed by atoms with E-state index in [1.165, 1.54) is 11.8 Å². The molecule has 1 nitrogen and oxygen atoms in total. The van der Waals surface area contributed by atoms with Crippen molar-refractivity contribution < 1.29 is 8.78 Å². The molecule has 0 spiro atoms. The number of thioether (sulfide) groups is 1. The Balaban J connectivity index is 2.50. The van der Waals surface area contributed by atoms with Gasteiger partial charge in [0, 0.05) is 18.7 Å². The number of nitrogens with two attached hydrogens (primary N) is 1. The number of alkyl halides is 2. The van der Waals surface area contributed by atoms with Gasteiger partial charge in [-0.25, -0.2) is 8.78 Å². The van der Waals surface area contributed by atoms with Crippen LogP contribution in [0.5, 0.6) is 0 Å². The van der Waals surface area contributed by atoms with Crippen LogP contribution in [0.1, 0.15) is 6.42 Å². The van der Waals surface area contributed by atoms with Crippen LogP contribution in [-0.2, 0) is 0 Å². The molecule has 1 fully saturated rings. The fourth-order valence-corrected chi connectivity index (χ4v) is 2.08. The molecule has 1 rings (SSSR count). The van der Waals surface area contributed by atoms with Gasteiger partial charge in [-0.3, -0.25) is 0 Å². The Morgan fingerprint density at radius 3 is 2.20 bits per heavy atom. The summed E-state index contributed by atoms with van der Waals surface area (Å²) >= 11 is 1.44. The molecule has 0 aliphatic heterocycles. The van der Waals surface area contributed by atoms with Crippen molar-refractivity contribution in [1.82, 2.24) is 0 Å². The lowest BCUT2D eigenvalue weighted by atomic mass is 10.1. The predicted molar refractivity (Wildman–Crippen MR) is 39.4 cm³/mol. The van der Waals surface area contributed by atoms with Gasteiger partial charge in [-0.05, 0) is 6.26 Å². The highest BCUT2D eigenvalue weighted by Gasteiger charge is 2.69. The van der Waals surface area contributed by atoms with E-state index in [2.05, 4.69) is 0 Å². The molecular formula is C6H11F2NS. The van der Waals surface area contributed by atoms with Gasteiger partial charge in [0.15, 0.2) is 0 Å². The van der Waals surface area contributed by atoms with Gasteiger partial charge in [0.05, 0.1) is 5.41 Å². The van der Waals surface area contributed by atoms with E-state index in [-0.39, 0.29) is 13.0 Å². The summed E-state index contributed by atoms with van der Waals surface area (Å²) in [4.78, 5) is 0. The van der Waals surface area contributed by atoms with Crippen LogP contribution < -0.4 is 5.73 Å². The van der Waals surface area contributed by atoms with Crippen LogP contribution in [0.15, 0.2) is 0 Å². The van der Waals surface area contributed by atoms with E-state index >= 15 is 0 Å². The molecule has 0 amide bonds. The molecule has 0 radical (unpaired) electrons. The van der Waals surface area contributed by atoms with Crippen LogP contribution in [0, 0.1) is 5.41 Å². The lowest BCUT2D eigenvalue weighted by Crippen LogP contribution is -2.24. The van der Waals surface area contributed by atoms with Crippen molar-refractivity contribution in [2.75, 3.05) is 18.6 Å². The van der Waals surface area contributed by atoms with Crippen molar-refractivity contribution in [2.24, 2.45) is 11.1 Å². The van der Waals surface area contributed by atoms with E-state index in [0.29, 0.717) is 5.75 Å². The van der Waals surface area contributed by atoms with Gasteiger partial charge >= 0.3 is 0 Å². The lowest BCUT2D eigenvalue weighted by molar-refractivity contribution is 0.0745. The number of hydrogen-bond donors (Lipinski definition) is 1. The maximum atomic E-state index is 12.5. The fraction of sp³-hybridized carbons (Fsp3) is 1.00. The van der Waals surface area contributed by atoms with E-state index in [0.717, 1.165) is 0 Å². The molecule has 0 aromatic rings. The maximum absolute atomic E-state index is 12.5. The van der Waals surface area contributed by atoms with E-state index < -0.39 is 11.3 Å². The largest absolute Gasteiger partial charge is 0.330 e. The Labute approximate surface area is 63.4 Å². The highest BCUT2D eigenvalue weighted by Crippen LogP contribution is 2.60. The Bertz CT molecular complexity index is 140. The van der Waals surface area contributed by atoms with E-state index in [4.69, 9.17) is 5.73 Å². The molecule has 2 N–H and O–H groups in total. The highest BCUT2D eigenvalue weighted by atomic mass is 32.2. The monoisotopic (exact) mass is 167 g/mol. The first-order chi connectivity index (χ1) is 4.58. The second kappa shape index (κ2) is 2.34. The smallest absolute Gasteiger partial charge is 0.256 e. The SMILES string of the molecule is CSCC1(CN)CC1(F)F. The third-order valence-electron chi connectivity index (χ3n) is 2.02. The van der Waals surface area contributed by atoms with Gasteiger partial charge in [0.25, 0.3) is 5.92 Å². The van der Waals surface area contributed by atoms with Crippen LogP contribution in [-0.4, -0.2) is 24.5 Å². The van der Waals surface area contributed by atoms with Crippen LogP contribution >= 0.6 is 11.8 Å². The molecule has 0 aromatic carbocycles. The molecule has 0 bridgehead atoms. The quantitative estimate of drug-likeness (QED) is 0.686. The molecule has 0 heterocycles. The van der Waals surface area contributed by atoms with Crippen molar-refractivity contribution >= 4 is 11.8 Å². The van der Waals surface area contributed by atoms with Gasteiger partial charge < -0.3 is 5.73 Å². The summed E-state index contributed by atoms with van der Waals surface area (Å²) in [6, 6.07) is 0. The van der Waals surface area contributed by atoms with Gasteiger partial charge in [-0.2, -0.15) is 11.8 Å². The number of rotatable bonds is 3.